The second-order valence-electron chi connectivity index (χ2n) is 4.11. The van der Waals surface area contributed by atoms with E-state index in [-0.39, 0.29) is 5.56 Å². The molecule has 1 aromatic heterocycles. The van der Waals surface area contributed by atoms with Crippen molar-refractivity contribution in [3.05, 3.63) is 43.5 Å². The first-order chi connectivity index (χ1) is 9.47. The van der Waals surface area contributed by atoms with Gasteiger partial charge in [0.15, 0.2) is 0 Å². The fourth-order valence-corrected chi connectivity index (χ4v) is 3.55. The molecule has 1 aromatic carbocycles. The van der Waals surface area contributed by atoms with E-state index in [0.717, 1.165) is 10.2 Å². The lowest BCUT2D eigenvalue weighted by atomic mass is 10.1. The minimum Gasteiger partial charge on any atom is -0.478 e. The molecule has 0 aliphatic rings. The van der Waals surface area contributed by atoms with Crippen molar-refractivity contribution in [2.45, 2.75) is 6.42 Å². The maximum atomic E-state index is 11.2. The molecule has 2 aromatic rings. The molecule has 7 heteroatoms. The zero-order valence-electron chi connectivity index (χ0n) is 10.3. The van der Waals surface area contributed by atoms with Crippen LogP contribution in [0.25, 0.3) is 0 Å². The first-order valence-electron chi connectivity index (χ1n) is 5.78. The standard InChI is InChI=1S/C13H12BrClN2O2S/c14-11-2-1-8(20-11)3-4-17-12-9(13(18)19)5-7(16)6-10(12)15/h1-2,5-6,17H,3-4,16H2,(H,18,19). The molecule has 0 radical (unpaired) electrons. The predicted octanol–water partition coefficient (Wildman–Crippen LogP) is 4.10. The van der Waals surface area contributed by atoms with Gasteiger partial charge < -0.3 is 16.2 Å². The summed E-state index contributed by atoms with van der Waals surface area (Å²) < 4.78 is 1.07. The van der Waals surface area contributed by atoms with E-state index in [0.29, 0.717) is 22.9 Å². The van der Waals surface area contributed by atoms with E-state index in [4.69, 9.17) is 17.3 Å². The number of rotatable bonds is 5. The number of carbonyl (C=O) groups is 1. The van der Waals surface area contributed by atoms with Crippen molar-refractivity contribution in [2.75, 3.05) is 17.6 Å². The summed E-state index contributed by atoms with van der Waals surface area (Å²) in [6.45, 7) is 0.594. The highest BCUT2D eigenvalue weighted by atomic mass is 79.9. The summed E-state index contributed by atoms with van der Waals surface area (Å²) in [5, 5.41) is 12.6. The Morgan fingerprint density at radius 1 is 1.45 bits per heavy atom. The molecule has 4 N–H and O–H groups in total. The summed E-state index contributed by atoms with van der Waals surface area (Å²) >= 11 is 11.1. The van der Waals surface area contributed by atoms with Gasteiger partial charge in [0, 0.05) is 17.1 Å². The Labute approximate surface area is 133 Å². The van der Waals surface area contributed by atoms with Crippen LogP contribution in [0.3, 0.4) is 0 Å². The largest absolute Gasteiger partial charge is 0.478 e. The molecule has 0 saturated heterocycles. The van der Waals surface area contributed by atoms with Gasteiger partial charge in [0.2, 0.25) is 0 Å². The van der Waals surface area contributed by atoms with E-state index in [2.05, 4.69) is 21.2 Å². The van der Waals surface area contributed by atoms with Crippen LogP contribution in [-0.2, 0) is 6.42 Å². The molecule has 106 valence electrons. The smallest absolute Gasteiger partial charge is 0.337 e. The molecule has 0 amide bonds. The maximum Gasteiger partial charge on any atom is 0.337 e. The summed E-state index contributed by atoms with van der Waals surface area (Å²) in [5.41, 5.74) is 6.43. The van der Waals surface area contributed by atoms with E-state index in [9.17, 15) is 9.90 Å². The first-order valence-corrected chi connectivity index (χ1v) is 7.76. The van der Waals surface area contributed by atoms with Crippen LogP contribution in [0.2, 0.25) is 5.02 Å². The maximum absolute atomic E-state index is 11.2. The molecule has 0 aliphatic carbocycles. The van der Waals surface area contributed by atoms with Gasteiger partial charge in [-0.3, -0.25) is 0 Å². The first kappa shape index (κ1) is 15.2. The van der Waals surface area contributed by atoms with E-state index in [1.807, 2.05) is 12.1 Å². The van der Waals surface area contributed by atoms with Crippen LogP contribution >= 0.6 is 38.9 Å². The summed E-state index contributed by atoms with van der Waals surface area (Å²) in [4.78, 5) is 12.4. The summed E-state index contributed by atoms with van der Waals surface area (Å²) in [6, 6.07) is 6.95. The number of hydrogen-bond donors (Lipinski definition) is 3. The molecule has 20 heavy (non-hydrogen) atoms. The van der Waals surface area contributed by atoms with Crippen LogP contribution in [0.15, 0.2) is 28.1 Å². The van der Waals surface area contributed by atoms with Gasteiger partial charge in [0.1, 0.15) is 0 Å². The molecule has 1 heterocycles. The fourth-order valence-electron chi connectivity index (χ4n) is 1.77. The number of thiophene rings is 1. The number of carboxylic acid groups (broad SMARTS) is 1. The molecular formula is C13H12BrClN2O2S. The quantitative estimate of drug-likeness (QED) is 0.688. The highest BCUT2D eigenvalue weighted by Crippen LogP contribution is 2.29. The van der Waals surface area contributed by atoms with Crippen LogP contribution in [0, 0.1) is 0 Å². The predicted molar refractivity (Wildman–Crippen MR) is 87.0 cm³/mol. The van der Waals surface area contributed by atoms with Crippen molar-refractivity contribution >= 4 is 56.2 Å². The molecule has 0 unspecified atom stereocenters. The van der Waals surface area contributed by atoms with Gasteiger partial charge in [-0.15, -0.1) is 11.3 Å². The summed E-state index contributed by atoms with van der Waals surface area (Å²) in [5.74, 6) is -1.06. The Morgan fingerprint density at radius 3 is 2.80 bits per heavy atom. The zero-order chi connectivity index (χ0) is 14.7. The number of nitrogens with two attached hydrogens (primary N) is 1. The number of hydrogen-bond acceptors (Lipinski definition) is 4. The van der Waals surface area contributed by atoms with Gasteiger partial charge in [-0.1, -0.05) is 11.6 Å². The topological polar surface area (TPSA) is 75.3 Å². The van der Waals surface area contributed by atoms with Gasteiger partial charge in [-0.2, -0.15) is 0 Å². The highest BCUT2D eigenvalue weighted by molar-refractivity contribution is 9.11. The lowest BCUT2D eigenvalue weighted by Gasteiger charge is -2.12. The van der Waals surface area contributed by atoms with Crippen LogP contribution in [0.1, 0.15) is 15.2 Å². The summed E-state index contributed by atoms with van der Waals surface area (Å²) in [6.07, 6.45) is 0.788. The molecule has 0 bridgehead atoms. The molecule has 2 rings (SSSR count). The SMILES string of the molecule is Nc1cc(Cl)c(NCCc2ccc(Br)s2)c(C(=O)O)c1. The molecule has 0 aliphatic heterocycles. The van der Waals surface area contributed by atoms with Crippen LogP contribution < -0.4 is 11.1 Å². The van der Waals surface area contributed by atoms with Crippen LogP contribution in [-0.4, -0.2) is 17.6 Å². The van der Waals surface area contributed by atoms with Crippen molar-refractivity contribution in [3.8, 4) is 0 Å². The van der Waals surface area contributed by atoms with Gasteiger partial charge in [0.25, 0.3) is 0 Å². The van der Waals surface area contributed by atoms with Crippen molar-refractivity contribution in [1.82, 2.24) is 0 Å². The molecule has 0 spiro atoms. The number of anilines is 2. The highest BCUT2D eigenvalue weighted by Gasteiger charge is 2.14. The Kier molecular flexibility index (Phi) is 4.91. The van der Waals surface area contributed by atoms with Crippen molar-refractivity contribution < 1.29 is 9.90 Å². The minimum atomic E-state index is -1.06. The van der Waals surface area contributed by atoms with E-state index >= 15 is 0 Å². The second-order valence-corrected chi connectivity index (χ2v) is 7.07. The molecule has 0 atom stereocenters. The molecule has 0 fully saturated rings. The zero-order valence-corrected chi connectivity index (χ0v) is 13.5. The number of aromatic carboxylic acids is 1. The monoisotopic (exact) mass is 374 g/mol. The molecule has 4 nitrogen and oxygen atoms in total. The van der Waals surface area contributed by atoms with E-state index in [1.54, 1.807) is 11.3 Å². The number of halogens is 2. The van der Waals surface area contributed by atoms with Gasteiger partial charge in [-0.25, -0.2) is 4.79 Å². The van der Waals surface area contributed by atoms with Crippen molar-refractivity contribution in [2.24, 2.45) is 0 Å². The van der Waals surface area contributed by atoms with Crippen molar-refractivity contribution in [3.63, 3.8) is 0 Å². The average molecular weight is 376 g/mol. The third-order valence-electron chi connectivity index (χ3n) is 2.65. The van der Waals surface area contributed by atoms with Crippen molar-refractivity contribution in [1.29, 1.82) is 0 Å². The third kappa shape index (κ3) is 3.65. The number of benzene rings is 1. The van der Waals surface area contributed by atoms with Gasteiger partial charge in [0.05, 0.1) is 20.1 Å². The average Bonchev–Trinajstić information content (AvgIpc) is 2.77. The minimum absolute atomic E-state index is 0.0855. The molecule has 0 saturated carbocycles. The third-order valence-corrected chi connectivity index (χ3v) is 4.63. The molecular weight excluding hydrogens is 364 g/mol. The summed E-state index contributed by atoms with van der Waals surface area (Å²) in [7, 11) is 0. The lowest BCUT2D eigenvalue weighted by Crippen LogP contribution is -2.10. The Balaban J connectivity index is 2.10. The normalized spacial score (nSPS) is 10.5. The Morgan fingerprint density at radius 2 is 2.20 bits per heavy atom. The van der Waals surface area contributed by atoms with Crippen LogP contribution in [0.5, 0.6) is 0 Å². The van der Waals surface area contributed by atoms with E-state index < -0.39 is 5.97 Å². The fraction of sp³-hybridized carbons (Fsp3) is 0.154. The lowest BCUT2D eigenvalue weighted by molar-refractivity contribution is 0.0698. The van der Waals surface area contributed by atoms with E-state index in [1.165, 1.54) is 17.0 Å². The van der Waals surface area contributed by atoms with Gasteiger partial charge >= 0.3 is 5.97 Å². The number of nitrogens with one attached hydrogen (secondary N) is 1. The Bertz CT molecular complexity index is 645. The van der Waals surface area contributed by atoms with Gasteiger partial charge in [-0.05, 0) is 46.6 Å². The number of carboxylic acids is 1. The second kappa shape index (κ2) is 6.47. The van der Waals surface area contributed by atoms with Crippen LogP contribution in [0.4, 0.5) is 11.4 Å². The number of nitrogen functional groups attached to an aromatic ring is 1. The Hall–Kier alpha value is -1.24.